The van der Waals surface area contributed by atoms with Gasteiger partial charge in [-0.1, -0.05) is 85.3 Å². The maximum atomic E-state index is 2.27. The molecular formula is C30H28Cl2SiTi-2. The van der Waals surface area contributed by atoms with E-state index in [-0.39, 0.29) is 31.0 Å². The van der Waals surface area contributed by atoms with Gasteiger partial charge in [0.1, 0.15) is 0 Å². The predicted molar refractivity (Wildman–Crippen MR) is 141 cm³/mol. The molecular weight excluding hydrogens is 507 g/mol. The predicted octanol–water partition coefficient (Wildman–Crippen LogP) is 2.83. The molecule has 0 nitrogen and oxygen atoms in total. The van der Waals surface area contributed by atoms with Gasteiger partial charge in [-0.3, -0.25) is 0 Å². The van der Waals surface area contributed by atoms with Gasteiger partial charge in [-0.2, -0.15) is 12.1 Å². The summed E-state index contributed by atoms with van der Waals surface area (Å²) >= 11 is 2.27. The molecule has 0 N–H and O–H groups in total. The zero-order valence-corrected chi connectivity index (χ0v) is 24.1. The van der Waals surface area contributed by atoms with Gasteiger partial charge in [0.15, 0.2) is 0 Å². The summed E-state index contributed by atoms with van der Waals surface area (Å²) in [7, 11) is 0. The molecule has 0 saturated carbocycles. The molecule has 0 fully saturated rings. The van der Waals surface area contributed by atoms with Crippen LogP contribution in [0.2, 0.25) is 13.1 Å². The van der Waals surface area contributed by atoms with E-state index in [2.05, 4.69) is 143 Å². The molecule has 0 atom stereocenters. The second kappa shape index (κ2) is 12.7. The fourth-order valence-corrected chi connectivity index (χ4v) is 4.23. The van der Waals surface area contributed by atoms with Crippen molar-refractivity contribution in [2.24, 2.45) is 0 Å². The fourth-order valence-electron chi connectivity index (χ4n) is 4.23. The Hall–Kier alpha value is -1.87. The smallest absolute Gasteiger partial charge is 0.0370 e. The number of aryl methyl sites for hydroxylation is 2. The van der Waals surface area contributed by atoms with E-state index in [0.717, 1.165) is 0 Å². The summed E-state index contributed by atoms with van der Waals surface area (Å²) in [6.45, 7) is 8.83. The van der Waals surface area contributed by atoms with Crippen LogP contribution >= 0.6 is 0 Å². The van der Waals surface area contributed by atoms with E-state index >= 15 is 0 Å². The topological polar surface area (TPSA) is 0 Å². The Morgan fingerprint density at radius 1 is 0.559 bits per heavy atom. The molecule has 0 radical (unpaired) electrons. The van der Waals surface area contributed by atoms with Gasteiger partial charge in [-0.25, -0.2) is 0 Å². The molecule has 0 heterocycles. The molecule has 0 bridgehead atoms. The van der Waals surface area contributed by atoms with Gasteiger partial charge in [0, 0.05) is 0 Å². The molecule has 0 amide bonds. The number of halogens is 2. The van der Waals surface area contributed by atoms with Gasteiger partial charge < -0.3 is 24.8 Å². The third-order valence-electron chi connectivity index (χ3n) is 5.52. The quantitative estimate of drug-likeness (QED) is 0.208. The van der Waals surface area contributed by atoms with Crippen LogP contribution in [-0.4, -0.2) is 6.19 Å². The Morgan fingerprint density at radius 3 is 1.29 bits per heavy atom. The van der Waals surface area contributed by atoms with Crippen molar-refractivity contribution in [1.82, 2.24) is 0 Å². The Morgan fingerprint density at radius 2 is 0.912 bits per heavy atom. The molecule has 0 aliphatic carbocycles. The molecule has 0 aliphatic heterocycles. The molecule has 6 rings (SSSR count). The Balaban J connectivity index is 0.000000198. The Kier molecular flexibility index (Phi) is 10.6. The van der Waals surface area contributed by atoms with Crippen molar-refractivity contribution in [2.75, 3.05) is 0 Å². The van der Waals surface area contributed by atoms with Crippen LogP contribution < -0.4 is 24.8 Å². The molecule has 4 heteroatoms. The number of hydrogen-bond donors (Lipinski definition) is 0. The first-order chi connectivity index (χ1) is 15.4. The molecule has 34 heavy (non-hydrogen) atoms. The second-order valence-electron chi connectivity index (χ2n) is 8.64. The van der Waals surface area contributed by atoms with Crippen molar-refractivity contribution in [3.8, 4) is 0 Å². The number of hydrogen-bond acceptors (Lipinski definition) is 0. The standard InChI is InChI=1S/2C14H11.C2H6Si.2ClH.Ti/c2*1-10-8-12-7-6-11-4-2-3-5-13(11)14(12)9-10;1-3-2;;;/h2*2-9H,1H3;1-2H3;2*1H;/q2*-1;;;;+2/p-2. The summed E-state index contributed by atoms with van der Waals surface area (Å²) in [6.07, 6.45) is 0.120. The van der Waals surface area contributed by atoms with E-state index in [1.165, 1.54) is 54.2 Å². The summed E-state index contributed by atoms with van der Waals surface area (Å²) in [5, 5.41) is 10.8. The molecule has 0 aliphatic rings. The van der Waals surface area contributed by atoms with Crippen LogP contribution in [0.3, 0.4) is 0 Å². The minimum atomic E-state index is 0. The third kappa shape index (κ3) is 6.62. The van der Waals surface area contributed by atoms with Gasteiger partial charge in [0.25, 0.3) is 0 Å². The SMILES string of the molecule is C[Si](C)=[Ti+2].Cc1cc2c(ccc3ccccc32)[cH-]1.Cc1cc2c(ccc3ccccc32)[cH-]1.[Cl-].[Cl-]. The van der Waals surface area contributed by atoms with E-state index < -0.39 is 0 Å². The Bertz CT molecular complexity index is 1430. The summed E-state index contributed by atoms with van der Waals surface area (Å²) in [5.41, 5.74) is 2.69. The second-order valence-corrected chi connectivity index (χ2v) is 15.3. The maximum Gasteiger partial charge on any atom is -0.0370 e. The van der Waals surface area contributed by atoms with Crippen LogP contribution in [0.15, 0.2) is 97.1 Å². The molecule has 6 aromatic carbocycles. The van der Waals surface area contributed by atoms with Crippen molar-refractivity contribution in [3.05, 3.63) is 108 Å². The van der Waals surface area contributed by atoms with E-state index in [1.54, 1.807) is 0 Å². The van der Waals surface area contributed by atoms with E-state index in [9.17, 15) is 0 Å². The Labute approximate surface area is 227 Å². The van der Waals surface area contributed by atoms with Gasteiger partial charge >= 0.3 is 38.5 Å². The summed E-state index contributed by atoms with van der Waals surface area (Å²) in [6, 6.07) is 34.9. The minimum Gasteiger partial charge on any atom is -1.00 e. The number of fused-ring (bicyclic) bond motifs is 6. The first-order valence-electron chi connectivity index (χ1n) is 11.0. The summed E-state index contributed by atoms with van der Waals surface area (Å²) in [4.78, 5) is 0. The van der Waals surface area contributed by atoms with E-state index in [1.807, 2.05) is 0 Å². The normalized spacial score (nSPS) is 10.1. The van der Waals surface area contributed by atoms with Gasteiger partial charge in [0.05, 0.1) is 0 Å². The minimum absolute atomic E-state index is 0. The first-order valence-corrected chi connectivity index (χ1v) is 15.9. The zero-order valence-electron chi connectivity index (χ0n) is 20.0. The molecule has 0 saturated heterocycles. The summed E-state index contributed by atoms with van der Waals surface area (Å²) < 4.78 is 0. The van der Waals surface area contributed by atoms with Gasteiger partial charge in [-0.05, 0) is 10.8 Å². The van der Waals surface area contributed by atoms with Crippen LogP contribution in [0.1, 0.15) is 11.1 Å². The van der Waals surface area contributed by atoms with E-state index in [4.69, 9.17) is 0 Å². The van der Waals surface area contributed by atoms with Crippen LogP contribution in [0.5, 0.6) is 0 Å². The van der Waals surface area contributed by atoms with E-state index in [0.29, 0.717) is 0 Å². The van der Waals surface area contributed by atoms with Gasteiger partial charge in [-0.15, -0.1) is 56.9 Å². The maximum absolute atomic E-state index is 2.27. The number of rotatable bonds is 0. The average Bonchev–Trinajstić information content (AvgIpc) is 3.35. The number of benzene rings is 4. The van der Waals surface area contributed by atoms with Crippen LogP contribution in [0.25, 0.3) is 43.1 Å². The monoisotopic (exact) mass is 534 g/mol. The van der Waals surface area contributed by atoms with Crippen LogP contribution in [-0.2, 0) is 19.2 Å². The van der Waals surface area contributed by atoms with Crippen molar-refractivity contribution < 1.29 is 44.0 Å². The fraction of sp³-hybridized carbons (Fsp3) is 0.133. The van der Waals surface area contributed by atoms with Crippen molar-refractivity contribution in [3.63, 3.8) is 0 Å². The van der Waals surface area contributed by atoms with Gasteiger partial charge in [0.2, 0.25) is 0 Å². The van der Waals surface area contributed by atoms with Crippen LogP contribution in [0, 0.1) is 13.8 Å². The van der Waals surface area contributed by atoms with Crippen molar-refractivity contribution in [1.29, 1.82) is 0 Å². The van der Waals surface area contributed by atoms with Crippen molar-refractivity contribution >= 4 is 49.3 Å². The molecule has 6 aromatic rings. The first kappa shape index (κ1) is 28.4. The molecule has 0 unspecified atom stereocenters. The van der Waals surface area contributed by atoms with Crippen molar-refractivity contribution in [2.45, 2.75) is 26.9 Å². The van der Waals surface area contributed by atoms with Crippen LogP contribution in [0.4, 0.5) is 0 Å². The molecule has 0 aromatic heterocycles. The zero-order chi connectivity index (χ0) is 22.7. The molecule has 0 spiro atoms. The largest absolute Gasteiger partial charge is 1.00 e. The molecule has 172 valence electrons. The summed E-state index contributed by atoms with van der Waals surface area (Å²) in [5.74, 6) is 0. The average molecular weight is 535 g/mol. The third-order valence-corrected chi connectivity index (χ3v) is 5.52.